The van der Waals surface area contributed by atoms with Crippen LogP contribution in [0.5, 0.6) is 0 Å². The summed E-state index contributed by atoms with van der Waals surface area (Å²) >= 11 is 9.68. The SMILES string of the molecule is Clc1ccc(CC(Br)CC2CCCC2)cc1. The second-order valence-electron chi connectivity index (χ2n) is 4.81. The summed E-state index contributed by atoms with van der Waals surface area (Å²) in [6.07, 6.45) is 8.18. The fourth-order valence-corrected chi connectivity index (χ4v) is 3.60. The molecule has 1 aromatic carbocycles. The van der Waals surface area contributed by atoms with E-state index in [2.05, 4.69) is 28.1 Å². The van der Waals surface area contributed by atoms with E-state index >= 15 is 0 Å². The van der Waals surface area contributed by atoms with Crippen molar-refractivity contribution in [2.75, 3.05) is 0 Å². The Kier molecular flexibility index (Phi) is 4.72. The molecule has 0 aromatic heterocycles. The predicted octanol–water partition coefficient (Wildman–Crippen LogP) is 5.23. The third-order valence-electron chi connectivity index (χ3n) is 3.43. The summed E-state index contributed by atoms with van der Waals surface area (Å²) in [6.45, 7) is 0. The van der Waals surface area contributed by atoms with Crippen LogP contribution in [0, 0.1) is 5.92 Å². The highest BCUT2D eigenvalue weighted by Crippen LogP contribution is 2.31. The number of benzene rings is 1. The highest BCUT2D eigenvalue weighted by atomic mass is 79.9. The summed E-state index contributed by atoms with van der Waals surface area (Å²) in [6, 6.07) is 8.22. The van der Waals surface area contributed by atoms with E-state index in [-0.39, 0.29) is 0 Å². The topological polar surface area (TPSA) is 0 Å². The van der Waals surface area contributed by atoms with Gasteiger partial charge in [-0.3, -0.25) is 0 Å². The highest BCUT2D eigenvalue weighted by molar-refractivity contribution is 9.09. The molecule has 0 bridgehead atoms. The molecule has 0 aliphatic heterocycles. The zero-order valence-electron chi connectivity index (χ0n) is 9.46. The van der Waals surface area contributed by atoms with Crippen molar-refractivity contribution in [3.8, 4) is 0 Å². The first kappa shape index (κ1) is 12.4. The fraction of sp³-hybridized carbons (Fsp3) is 0.571. The Bertz CT molecular complexity index is 314. The van der Waals surface area contributed by atoms with E-state index in [4.69, 9.17) is 11.6 Å². The molecule has 1 aromatic rings. The first-order valence-corrected chi connectivity index (χ1v) is 7.42. The average Bonchev–Trinajstić information content (AvgIpc) is 2.74. The van der Waals surface area contributed by atoms with Crippen LogP contribution in [0.4, 0.5) is 0 Å². The van der Waals surface area contributed by atoms with Gasteiger partial charge in [-0.15, -0.1) is 0 Å². The van der Waals surface area contributed by atoms with Crippen molar-refractivity contribution in [3.05, 3.63) is 34.9 Å². The van der Waals surface area contributed by atoms with Gasteiger partial charge >= 0.3 is 0 Å². The molecular formula is C14H18BrCl. The van der Waals surface area contributed by atoms with Gasteiger partial charge in [0.05, 0.1) is 0 Å². The van der Waals surface area contributed by atoms with Gasteiger partial charge in [0.2, 0.25) is 0 Å². The summed E-state index contributed by atoms with van der Waals surface area (Å²) < 4.78 is 0. The lowest BCUT2D eigenvalue weighted by atomic mass is 9.98. The van der Waals surface area contributed by atoms with Gasteiger partial charge in [-0.05, 0) is 36.5 Å². The first-order valence-electron chi connectivity index (χ1n) is 6.12. The van der Waals surface area contributed by atoms with Gasteiger partial charge in [0.1, 0.15) is 0 Å². The molecule has 88 valence electrons. The second kappa shape index (κ2) is 6.07. The maximum Gasteiger partial charge on any atom is 0.0406 e. The molecular weight excluding hydrogens is 284 g/mol. The second-order valence-corrected chi connectivity index (χ2v) is 6.55. The van der Waals surface area contributed by atoms with E-state index in [0.717, 1.165) is 17.4 Å². The van der Waals surface area contributed by atoms with Gasteiger partial charge < -0.3 is 0 Å². The van der Waals surface area contributed by atoms with E-state index < -0.39 is 0 Å². The standard InChI is InChI=1S/C14H18BrCl/c15-13(9-11-3-1-2-4-11)10-12-5-7-14(16)8-6-12/h5-8,11,13H,1-4,9-10H2. The van der Waals surface area contributed by atoms with Crippen molar-refractivity contribution >= 4 is 27.5 Å². The highest BCUT2D eigenvalue weighted by Gasteiger charge is 2.18. The monoisotopic (exact) mass is 300 g/mol. The Labute approximate surface area is 112 Å². The van der Waals surface area contributed by atoms with E-state index in [9.17, 15) is 0 Å². The van der Waals surface area contributed by atoms with Gasteiger partial charge in [0, 0.05) is 9.85 Å². The molecule has 2 rings (SSSR count). The molecule has 1 aliphatic rings. The minimum absolute atomic E-state index is 0.622. The zero-order chi connectivity index (χ0) is 11.4. The summed E-state index contributed by atoms with van der Waals surface area (Å²) in [7, 11) is 0. The number of rotatable bonds is 4. The Hall–Kier alpha value is -0.0100. The maximum absolute atomic E-state index is 5.87. The van der Waals surface area contributed by atoms with Crippen LogP contribution in [0.25, 0.3) is 0 Å². The van der Waals surface area contributed by atoms with Crippen molar-refractivity contribution in [2.45, 2.75) is 43.4 Å². The molecule has 0 amide bonds. The van der Waals surface area contributed by atoms with Crippen LogP contribution in [0.15, 0.2) is 24.3 Å². The average molecular weight is 302 g/mol. The zero-order valence-corrected chi connectivity index (χ0v) is 11.8. The fourth-order valence-electron chi connectivity index (χ4n) is 2.57. The lowest BCUT2D eigenvalue weighted by molar-refractivity contribution is 0.495. The van der Waals surface area contributed by atoms with Gasteiger partial charge in [-0.25, -0.2) is 0 Å². The molecule has 0 radical (unpaired) electrons. The molecule has 0 N–H and O–H groups in total. The minimum Gasteiger partial charge on any atom is -0.0887 e. The third kappa shape index (κ3) is 3.78. The molecule has 1 atom stereocenters. The molecule has 0 heterocycles. The lowest BCUT2D eigenvalue weighted by Gasteiger charge is -2.14. The van der Waals surface area contributed by atoms with Gasteiger partial charge in [-0.1, -0.05) is 65.3 Å². The van der Waals surface area contributed by atoms with Crippen molar-refractivity contribution in [3.63, 3.8) is 0 Å². The van der Waals surface area contributed by atoms with E-state index in [0.29, 0.717) is 4.83 Å². The number of halogens is 2. The summed E-state index contributed by atoms with van der Waals surface area (Å²) in [5.41, 5.74) is 1.38. The molecule has 1 unspecified atom stereocenters. The number of hydrogen-bond acceptors (Lipinski definition) is 0. The van der Waals surface area contributed by atoms with Crippen LogP contribution in [0.3, 0.4) is 0 Å². The van der Waals surface area contributed by atoms with E-state index in [1.807, 2.05) is 12.1 Å². The van der Waals surface area contributed by atoms with Crippen LogP contribution in [0.2, 0.25) is 5.02 Å². The van der Waals surface area contributed by atoms with Crippen molar-refractivity contribution < 1.29 is 0 Å². The minimum atomic E-state index is 0.622. The molecule has 0 nitrogen and oxygen atoms in total. The van der Waals surface area contributed by atoms with Crippen LogP contribution in [0.1, 0.15) is 37.7 Å². The van der Waals surface area contributed by atoms with E-state index in [1.165, 1.54) is 37.7 Å². The normalized spacial score (nSPS) is 18.9. The summed E-state index contributed by atoms with van der Waals surface area (Å²) in [4.78, 5) is 0.622. The number of hydrogen-bond donors (Lipinski definition) is 0. The quantitative estimate of drug-likeness (QED) is 0.668. The molecule has 2 heteroatoms. The van der Waals surface area contributed by atoms with Crippen LogP contribution in [-0.2, 0) is 6.42 Å². The van der Waals surface area contributed by atoms with Crippen molar-refractivity contribution in [2.24, 2.45) is 5.92 Å². The largest absolute Gasteiger partial charge is 0.0887 e. The molecule has 1 fully saturated rings. The lowest BCUT2D eigenvalue weighted by Crippen LogP contribution is -2.08. The Morgan fingerprint density at radius 3 is 2.44 bits per heavy atom. The van der Waals surface area contributed by atoms with Crippen molar-refractivity contribution in [1.29, 1.82) is 0 Å². The molecule has 0 spiro atoms. The van der Waals surface area contributed by atoms with Crippen LogP contribution < -0.4 is 0 Å². The Morgan fingerprint density at radius 2 is 1.81 bits per heavy atom. The molecule has 1 saturated carbocycles. The predicted molar refractivity (Wildman–Crippen MR) is 74.4 cm³/mol. The van der Waals surface area contributed by atoms with E-state index in [1.54, 1.807) is 0 Å². The van der Waals surface area contributed by atoms with Crippen LogP contribution in [-0.4, -0.2) is 4.83 Å². The molecule has 1 aliphatic carbocycles. The Morgan fingerprint density at radius 1 is 1.19 bits per heavy atom. The number of alkyl halides is 1. The summed E-state index contributed by atoms with van der Waals surface area (Å²) in [5, 5.41) is 0.825. The van der Waals surface area contributed by atoms with Gasteiger partial charge in [0.15, 0.2) is 0 Å². The molecule has 16 heavy (non-hydrogen) atoms. The third-order valence-corrected chi connectivity index (χ3v) is 4.38. The first-order chi connectivity index (χ1) is 7.74. The van der Waals surface area contributed by atoms with Crippen LogP contribution >= 0.6 is 27.5 Å². The summed E-state index contributed by atoms with van der Waals surface area (Å²) in [5.74, 6) is 0.955. The Balaban J connectivity index is 1.81. The van der Waals surface area contributed by atoms with Crippen molar-refractivity contribution in [1.82, 2.24) is 0 Å². The molecule has 0 saturated heterocycles. The maximum atomic E-state index is 5.87. The van der Waals surface area contributed by atoms with Gasteiger partial charge in [-0.2, -0.15) is 0 Å². The van der Waals surface area contributed by atoms with Gasteiger partial charge in [0.25, 0.3) is 0 Å². The smallest absolute Gasteiger partial charge is 0.0406 e.